The number of aryl methyl sites for hydroxylation is 1. The maximum Gasteiger partial charge on any atom is 0.138 e. The number of nitrogens with zero attached hydrogens (tertiary/aromatic N) is 2. The Bertz CT molecular complexity index is 567. The largest absolute Gasteiger partial charge is 0.506 e. The number of aromatic nitrogens is 1. The molecule has 1 heterocycles. The molecule has 0 aliphatic carbocycles. The summed E-state index contributed by atoms with van der Waals surface area (Å²) >= 11 is 0. The maximum absolute atomic E-state index is 9.75. The zero-order valence-corrected chi connectivity index (χ0v) is 11.5. The van der Waals surface area contributed by atoms with Crippen molar-refractivity contribution in [3.05, 3.63) is 47.8 Å². The molecule has 0 amide bonds. The lowest BCUT2D eigenvalue weighted by molar-refractivity contribution is 0.464. The van der Waals surface area contributed by atoms with Gasteiger partial charge < -0.3 is 15.3 Å². The molecule has 0 saturated carbocycles. The van der Waals surface area contributed by atoms with Crippen LogP contribution in [-0.2, 0) is 6.54 Å². The normalized spacial score (nSPS) is 10.3. The Labute approximate surface area is 113 Å². The Balaban J connectivity index is 2.10. The summed E-state index contributed by atoms with van der Waals surface area (Å²) < 4.78 is 0. The SMILES string of the molecule is Cc1ccc(O)c(CNc2cccc(N(C)C)c2)n1. The molecule has 1 aromatic heterocycles. The van der Waals surface area contributed by atoms with E-state index in [1.165, 1.54) is 0 Å². The molecule has 0 fully saturated rings. The molecule has 19 heavy (non-hydrogen) atoms. The molecule has 0 atom stereocenters. The summed E-state index contributed by atoms with van der Waals surface area (Å²) in [6.07, 6.45) is 0. The Morgan fingerprint density at radius 1 is 1.21 bits per heavy atom. The molecule has 0 aliphatic heterocycles. The smallest absolute Gasteiger partial charge is 0.138 e. The summed E-state index contributed by atoms with van der Waals surface area (Å²) in [6, 6.07) is 11.6. The highest BCUT2D eigenvalue weighted by Gasteiger charge is 2.03. The van der Waals surface area contributed by atoms with Crippen LogP contribution in [0.1, 0.15) is 11.4 Å². The predicted molar refractivity (Wildman–Crippen MR) is 78.7 cm³/mol. The van der Waals surface area contributed by atoms with Crippen molar-refractivity contribution in [2.75, 3.05) is 24.3 Å². The fourth-order valence-electron chi connectivity index (χ4n) is 1.81. The number of pyridine rings is 1. The summed E-state index contributed by atoms with van der Waals surface area (Å²) in [5, 5.41) is 13.0. The molecule has 100 valence electrons. The summed E-state index contributed by atoms with van der Waals surface area (Å²) in [4.78, 5) is 6.37. The first-order chi connectivity index (χ1) is 9.06. The van der Waals surface area contributed by atoms with Crippen molar-refractivity contribution in [3.63, 3.8) is 0 Å². The van der Waals surface area contributed by atoms with Crippen LogP contribution in [0.15, 0.2) is 36.4 Å². The van der Waals surface area contributed by atoms with Crippen LogP contribution in [-0.4, -0.2) is 24.2 Å². The average Bonchev–Trinajstić information content (AvgIpc) is 2.40. The van der Waals surface area contributed by atoms with Gasteiger partial charge in [0.15, 0.2) is 0 Å². The Kier molecular flexibility index (Phi) is 3.90. The first-order valence-corrected chi connectivity index (χ1v) is 6.23. The molecule has 2 rings (SSSR count). The van der Waals surface area contributed by atoms with Crippen molar-refractivity contribution in [2.45, 2.75) is 13.5 Å². The molecule has 0 aliphatic rings. The van der Waals surface area contributed by atoms with Crippen LogP contribution in [0, 0.1) is 6.92 Å². The van der Waals surface area contributed by atoms with Crippen molar-refractivity contribution >= 4 is 11.4 Å². The van der Waals surface area contributed by atoms with E-state index in [2.05, 4.69) is 16.4 Å². The molecule has 2 aromatic rings. The van der Waals surface area contributed by atoms with Gasteiger partial charge in [-0.25, -0.2) is 0 Å². The van der Waals surface area contributed by atoms with Gasteiger partial charge in [0.05, 0.1) is 6.54 Å². The van der Waals surface area contributed by atoms with Crippen molar-refractivity contribution in [3.8, 4) is 5.75 Å². The van der Waals surface area contributed by atoms with Crippen LogP contribution in [0.2, 0.25) is 0 Å². The minimum atomic E-state index is 0.224. The molecule has 0 saturated heterocycles. The van der Waals surface area contributed by atoms with Crippen molar-refractivity contribution in [2.24, 2.45) is 0 Å². The van der Waals surface area contributed by atoms with Crippen LogP contribution in [0.5, 0.6) is 5.75 Å². The van der Waals surface area contributed by atoms with E-state index >= 15 is 0 Å². The van der Waals surface area contributed by atoms with Gasteiger partial charge in [0, 0.05) is 31.2 Å². The predicted octanol–water partition coefficient (Wildman–Crippen LogP) is 2.77. The van der Waals surface area contributed by atoms with Gasteiger partial charge in [-0.2, -0.15) is 0 Å². The van der Waals surface area contributed by atoms with Crippen LogP contribution in [0.4, 0.5) is 11.4 Å². The second kappa shape index (κ2) is 5.61. The number of aromatic hydroxyl groups is 1. The van der Waals surface area contributed by atoms with E-state index in [-0.39, 0.29) is 5.75 Å². The lowest BCUT2D eigenvalue weighted by Gasteiger charge is -2.14. The van der Waals surface area contributed by atoms with Gasteiger partial charge >= 0.3 is 0 Å². The molecular formula is C15H19N3O. The Morgan fingerprint density at radius 3 is 2.74 bits per heavy atom. The monoisotopic (exact) mass is 257 g/mol. The summed E-state index contributed by atoms with van der Waals surface area (Å²) in [5.41, 5.74) is 3.70. The Hall–Kier alpha value is -2.23. The highest BCUT2D eigenvalue weighted by Crippen LogP contribution is 2.20. The Morgan fingerprint density at radius 2 is 2.00 bits per heavy atom. The topological polar surface area (TPSA) is 48.4 Å². The third kappa shape index (κ3) is 3.37. The first kappa shape index (κ1) is 13.2. The molecule has 0 unspecified atom stereocenters. The van der Waals surface area contributed by atoms with Crippen LogP contribution < -0.4 is 10.2 Å². The molecule has 4 heteroatoms. The van der Waals surface area contributed by atoms with Gasteiger partial charge in [0.1, 0.15) is 11.4 Å². The fourth-order valence-corrected chi connectivity index (χ4v) is 1.81. The van der Waals surface area contributed by atoms with E-state index in [1.54, 1.807) is 12.1 Å². The summed E-state index contributed by atoms with van der Waals surface area (Å²) in [7, 11) is 4.01. The second-order valence-corrected chi connectivity index (χ2v) is 4.72. The number of anilines is 2. The zero-order chi connectivity index (χ0) is 13.8. The third-order valence-electron chi connectivity index (χ3n) is 2.91. The lowest BCUT2D eigenvalue weighted by atomic mass is 10.2. The molecule has 0 radical (unpaired) electrons. The molecule has 1 aromatic carbocycles. The number of rotatable bonds is 4. The highest BCUT2D eigenvalue weighted by molar-refractivity contribution is 5.57. The van der Waals surface area contributed by atoms with Gasteiger partial charge in [-0.05, 0) is 37.3 Å². The van der Waals surface area contributed by atoms with E-state index in [1.807, 2.05) is 44.1 Å². The van der Waals surface area contributed by atoms with Gasteiger partial charge in [0.2, 0.25) is 0 Å². The maximum atomic E-state index is 9.75. The van der Waals surface area contributed by atoms with Crippen molar-refractivity contribution < 1.29 is 5.11 Å². The van der Waals surface area contributed by atoms with Gasteiger partial charge in [-0.3, -0.25) is 4.98 Å². The minimum absolute atomic E-state index is 0.224. The zero-order valence-electron chi connectivity index (χ0n) is 11.5. The highest BCUT2D eigenvalue weighted by atomic mass is 16.3. The van der Waals surface area contributed by atoms with Crippen molar-refractivity contribution in [1.82, 2.24) is 4.98 Å². The number of hydrogen-bond acceptors (Lipinski definition) is 4. The standard InChI is InChI=1S/C15H19N3O/c1-11-7-8-15(19)14(17-11)10-16-12-5-4-6-13(9-12)18(2)3/h4-9,16,19H,10H2,1-3H3. The molecule has 0 bridgehead atoms. The first-order valence-electron chi connectivity index (χ1n) is 6.23. The van der Waals surface area contributed by atoms with E-state index in [9.17, 15) is 5.11 Å². The number of benzene rings is 1. The minimum Gasteiger partial charge on any atom is -0.506 e. The summed E-state index contributed by atoms with van der Waals surface area (Å²) in [6.45, 7) is 2.42. The van der Waals surface area contributed by atoms with Crippen LogP contribution >= 0.6 is 0 Å². The van der Waals surface area contributed by atoms with Crippen molar-refractivity contribution in [1.29, 1.82) is 0 Å². The molecule has 4 nitrogen and oxygen atoms in total. The van der Waals surface area contributed by atoms with Crippen LogP contribution in [0.3, 0.4) is 0 Å². The average molecular weight is 257 g/mol. The number of hydrogen-bond donors (Lipinski definition) is 2. The van der Waals surface area contributed by atoms with E-state index in [4.69, 9.17) is 0 Å². The van der Waals surface area contributed by atoms with E-state index in [0.717, 1.165) is 17.1 Å². The van der Waals surface area contributed by atoms with Gasteiger partial charge in [-0.1, -0.05) is 6.07 Å². The number of nitrogens with one attached hydrogen (secondary N) is 1. The summed E-state index contributed by atoms with van der Waals surface area (Å²) in [5.74, 6) is 0.224. The van der Waals surface area contributed by atoms with E-state index < -0.39 is 0 Å². The van der Waals surface area contributed by atoms with Crippen LogP contribution in [0.25, 0.3) is 0 Å². The molecule has 2 N–H and O–H groups in total. The molecule has 0 spiro atoms. The lowest BCUT2D eigenvalue weighted by Crippen LogP contribution is -2.09. The van der Waals surface area contributed by atoms with E-state index in [0.29, 0.717) is 12.2 Å². The van der Waals surface area contributed by atoms with Gasteiger partial charge in [0.25, 0.3) is 0 Å². The molecular weight excluding hydrogens is 238 g/mol. The second-order valence-electron chi connectivity index (χ2n) is 4.72. The fraction of sp³-hybridized carbons (Fsp3) is 0.267. The third-order valence-corrected chi connectivity index (χ3v) is 2.91. The quantitative estimate of drug-likeness (QED) is 0.884. The van der Waals surface area contributed by atoms with Gasteiger partial charge in [-0.15, -0.1) is 0 Å².